The van der Waals surface area contributed by atoms with Gasteiger partial charge in [0.05, 0.1) is 16.6 Å². The number of aromatic nitrogens is 4. The summed E-state index contributed by atoms with van der Waals surface area (Å²) in [6.07, 6.45) is 0. The monoisotopic (exact) mass is 401 g/mol. The molecule has 6 nitrogen and oxygen atoms in total. The number of H-pyrrole nitrogens is 2. The summed E-state index contributed by atoms with van der Waals surface area (Å²) in [5.41, 5.74) is 4.49. The average molecular weight is 402 g/mol. The predicted molar refractivity (Wildman–Crippen MR) is 114 cm³/mol. The van der Waals surface area contributed by atoms with E-state index in [1.807, 2.05) is 54.6 Å². The summed E-state index contributed by atoms with van der Waals surface area (Å²) in [6.45, 7) is 0.386. The maximum atomic E-state index is 12.8. The first-order valence-electron chi connectivity index (χ1n) is 9.14. The van der Waals surface area contributed by atoms with Crippen LogP contribution in [0.5, 0.6) is 0 Å². The van der Waals surface area contributed by atoms with Gasteiger partial charge in [-0.1, -0.05) is 48.0 Å². The summed E-state index contributed by atoms with van der Waals surface area (Å²) in [6, 6.07) is 20.8. The number of halogens is 1. The number of amides is 1. The van der Waals surface area contributed by atoms with E-state index in [0.717, 1.165) is 27.7 Å². The number of aromatic amines is 2. The van der Waals surface area contributed by atoms with Crippen molar-refractivity contribution in [3.63, 3.8) is 0 Å². The van der Waals surface area contributed by atoms with E-state index < -0.39 is 0 Å². The number of para-hydroxylation sites is 2. The fraction of sp³-hybridized carbons (Fsp3) is 0.0455. The standard InChI is InChI=1S/C22H16ClN5O/c23-14-6-3-5-13(11-14)12-24-22(29)16-8-4-10-18-19(16)26-21(25-18)20-15-7-1-2-9-17(15)27-28-20/h1-11H,12H2,(H,24,29)(H,25,26)(H,27,28). The Labute approximate surface area is 170 Å². The lowest BCUT2D eigenvalue weighted by molar-refractivity contribution is 0.0952. The first-order chi connectivity index (χ1) is 14.2. The molecule has 0 aliphatic carbocycles. The van der Waals surface area contributed by atoms with Crippen LogP contribution >= 0.6 is 11.6 Å². The zero-order valence-corrected chi connectivity index (χ0v) is 16.0. The zero-order valence-electron chi connectivity index (χ0n) is 15.2. The Hall–Kier alpha value is -3.64. The van der Waals surface area contributed by atoms with Crippen LogP contribution in [-0.4, -0.2) is 26.1 Å². The van der Waals surface area contributed by atoms with Crippen LogP contribution in [0.1, 0.15) is 15.9 Å². The summed E-state index contributed by atoms with van der Waals surface area (Å²) < 4.78 is 0. The number of nitrogens with one attached hydrogen (secondary N) is 3. The molecule has 0 fully saturated rings. The highest BCUT2D eigenvalue weighted by Crippen LogP contribution is 2.27. The second-order valence-corrected chi connectivity index (χ2v) is 7.15. The summed E-state index contributed by atoms with van der Waals surface area (Å²) in [4.78, 5) is 20.8. The number of hydrogen-bond acceptors (Lipinski definition) is 3. The lowest BCUT2D eigenvalue weighted by atomic mass is 10.1. The average Bonchev–Trinajstić information content (AvgIpc) is 3.35. The molecule has 0 aliphatic rings. The highest BCUT2D eigenvalue weighted by atomic mass is 35.5. The van der Waals surface area contributed by atoms with Gasteiger partial charge in [0.2, 0.25) is 0 Å². The van der Waals surface area contributed by atoms with Gasteiger partial charge in [-0.15, -0.1) is 0 Å². The summed E-state index contributed by atoms with van der Waals surface area (Å²) in [5.74, 6) is 0.424. The first-order valence-corrected chi connectivity index (χ1v) is 9.52. The van der Waals surface area contributed by atoms with Crippen molar-refractivity contribution >= 4 is 39.4 Å². The van der Waals surface area contributed by atoms with Crippen LogP contribution in [0.15, 0.2) is 66.7 Å². The lowest BCUT2D eigenvalue weighted by Crippen LogP contribution is -2.23. The minimum Gasteiger partial charge on any atom is -0.348 e. The fourth-order valence-electron chi connectivity index (χ4n) is 3.40. The predicted octanol–water partition coefficient (Wildman–Crippen LogP) is 4.69. The highest BCUT2D eigenvalue weighted by molar-refractivity contribution is 6.30. The van der Waals surface area contributed by atoms with Crippen LogP contribution < -0.4 is 5.32 Å². The van der Waals surface area contributed by atoms with Gasteiger partial charge >= 0.3 is 0 Å². The summed E-state index contributed by atoms with van der Waals surface area (Å²) >= 11 is 6.01. The Kier molecular flexibility index (Phi) is 4.26. The van der Waals surface area contributed by atoms with E-state index in [9.17, 15) is 4.79 Å². The van der Waals surface area contributed by atoms with Gasteiger partial charge < -0.3 is 10.3 Å². The Balaban J connectivity index is 1.48. The lowest BCUT2D eigenvalue weighted by Gasteiger charge is -2.06. The minimum atomic E-state index is -0.194. The molecule has 7 heteroatoms. The Morgan fingerprint density at radius 3 is 2.72 bits per heavy atom. The number of carbonyl (C=O) groups excluding carboxylic acids is 1. The third kappa shape index (κ3) is 3.23. The van der Waals surface area contributed by atoms with E-state index in [4.69, 9.17) is 11.6 Å². The summed E-state index contributed by atoms with van der Waals surface area (Å²) in [5, 5.41) is 11.9. The van der Waals surface area contributed by atoms with Crippen LogP contribution in [0.3, 0.4) is 0 Å². The molecule has 0 spiro atoms. The quantitative estimate of drug-likeness (QED) is 0.408. The van der Waals surface area contributed by atoms with Crippen LogP contribution in [0.4, 0.5) is 0 Å². The van der Waals surface area contributed by atoms with Gasteiger partial charge in [0.1, 0.15) is 11.2 Å². The topological polar surface area (TPSA) is 86.5 Å². The fourth-order valence-corrected chi connectivity index (χ4v) is 3.61. The van der Waals surface area contributed by atoms with E-state index in [2.05, 4.69) is 25.5 Å². The number of carbonyl (C=O) groups is 1. The number of nitrogens with zero attached hydrogens (tertiary/aromatic N) is 2. The zero-order chi connectivity index (χ0) is 19.8. The van der Waals surface area contributed by atoms with Crippen LogP contribution in [0.25, 0.3) is 33.5 Å². The maximum Gasteiger partial charge on any atom is 0.253 e. The van der Waals surface area contributed by atoms with Crippen molar-refractivity contribution in [3.8, 4) is 11.5 Å². The van der Waals surface area contributed by atoms with Crippen molar-refractivity contribution in [3.05, 3.63) is 82.9 Å². The van der Waals surface area contributed by atoms with Crippen LogP contribution in [-0.2, 0) is 6.54 Å². The molecule has 3 N–H and O–H groups in total. The van der Waals surface area contributed by atoms with Gasteiger partial charge in [-0.25, -0.2) is 4.98 Å². The Morgan fingerprint density at radius 2 is 1.83 bits per heavy atom. The van der Waals surface area contributed by atoms with Gasteiger partial charge in [0, 0.05) is 17.0 Å². The van der Waals surface area contributed by atoms with Crippen molar-refractivity contribution in [1.29, 1.82) is 0 Å². The van der Waals surface area contributed by atoms with Gasteiger partial charge in [0.25, 0.3) is 5.91 Å². The molecule has 142 valence electrons. The normalized spacial score (nSPS) is 11.2. The van der Waals surface area contributed by atoms with Crippen molar-refractivity contribution in [2.24, 2.45) is 0 Å². The molecule has 2 aromatic heterocycles. The molecule has 0 saturated heterocycles. The summed E-state index contributed by atoms with van der Waals surface area (Å²) in [7, 11) is 0. The van der Waals surface area contributed by atoms with Crippen molar-refractivity contribution < 1.29 is 4.79 Å². The number of benzene rings is 3. The van der Waals surface area contributed by atoms with Crippen molar-refractivity contribution in [2.45, 2.75) is 6.54 Å². The molecule has 1 amide bonds. The number of imidazole rings is 1. The number of rotatable bonds is 4. The molecular formula is C22H16ClN5O. The Morgan fingerprint density at radius 1 is 1.00 bits per heavy atom. The van der Waals surface area contributed by atoms with E-state index in [0.29, 0.717) is 28.5 Å². The maximum absolute atomic E-state index is 12.8. The van der Waals surface area contributed by atoms with Gasteiger partial charge in [0.15, 0.2) is 5.82 Å². The van der Waals surface area contributed by atoms with E-state index in [1.54, 1.807) is 12.1 Å². The largest absolute Gasteiger partial charge is 0.348 e. The SMILES string of the molecule is O=C(NCc1cccc(Cl)c1)c1cccc2[nH]c(-c3n[nH]c4ccccc34)nc12. The highest BCUT2D eigenvalue weighted by Gasteiger charge is 2.17. The molecule has 0 aliphatic heterocycles. The Bertz CT molecular complexity index is 1350. The second kappa shape index (κ2) is 7.07. The molecule has 3 aromatic carbocycles. The first kappa shape index (κ1) is 17.5. The van der Waals surface area contributed by atoms with Gasteiger partial charge in [-0.05, 0) is 35.9 Å². The van der Waals surface area contributed by atoms with E-state index in [1.165, 1.54) is 0 Å². The van der Waals surface area contributed by atoms with E-state index >= 15 is 0 Å². The van der Waals surface area contributed by atoms with Gasteiger partial charge in [-0.2, -0.15) is 5.10 Å². The third-order valence-corrected chi connectivity index (χ3v) is 5.03. The number of fused-ring (bicyclic) bond motifs is 2. The van der Waals surface area contributed by atoms with Crippen molar-refractivity contribution in [2.75, 3.05) is 0 Å². The molecule has 0 saturated carbocycles. The van der Waals surface area contributed by atoms with E-state index in [-0.39, 0.29) is 5.91 Å². The van der Waals surface area contributed by atoms with Crippen LogP contribution in [0, 0.1) is 0 Å². The second-order valence-electron chi connectivity index (χ2n) is 6.72. The molecule has 0 bridgehead atoms. The third-order valence-electron chi connectivity index (χ3n) is 4.79. The molecular weight excluding hydrogens is 386 g/mol. The molecule has 5 aromatic rings. The molecule has 0 atom stereocenters. The minimum absolute atomic E-state index is 0.194. The molecule has 5 rings (SSSR count). The van der Waals surface area contributed by atoms with Crippen LogP contribution in [0.2, 0.25) is 5.02 Å². The molecule has 29 heavy (non-hydrogen) atoms. The number of hydrogen-bond donors (Lipinski definition) is 3. The molecule has 0 unspecified atom stereocenters. The van der Waals surface area contributed by atoms with Crippen molar-refractivity contribution in [1.82, 2.24) is 25.5 Å². The molecule has 2 heterocycles. The molecule has 0 radical (unpaired) electrons. The smallest absolute Gasteiger partial charge is 0.253 e. The van der Waals surface area contributed by atoms with Gasteiger partial charge in [-0.3, -0.25) is 9.89 Å².